The predicted octanol–water partition coefficient (Wildman–Crippen LogP) is 3.16. The summed E-state index contributed by atoms with van der Waals surface area (Å²) in [6.07, 6.45) is 4.18. The van der Waals surface area contributed by atoms with Gasteiger partial charge < -0.3 is 14.4 Å². The lowest BCUT2D eigenvalue weighted by molar-refractivity contribution is -0.132. The molecule has 0 bridgehead atoms. The molecule has 0 radical (unpaired) electrons. The van der Waals surface area contributed by atoms with E-state index in [1.165, 1.54) is 22.2 Å². The van der Waals surface area contributed by atoms with Gasteiger partial charge >= 0.3 is 0 Å². The SMILES string of the molecule is CCc1cc2c(=O)n(CC(=O)N3CCCC3c3ccc4c(c3)OCCO4)cnc2s1. The number of benzene rings is 1. The third-order valence-corrected chi connectivity index (χ3v) is 6.93. The molecule has 0 saturated carbocycles. The third kappa shape index (κ3) is 3.35. The number of rotatable bonds is 4. The van der Waals surface area contributed by atoms with E-state index in [1.54, 1.807) is 0 Å². The maximum atomic E-state index is 13.1. The van der Waals surface area contributed by atoms with Crippen LogP contribution < -0.4 is 15.0 Å². The van der Waals surface area contributed by atoms with E-state index in [1.807, 2.05) is 29.2 Å². The van der Waals surface area contributed by atoms with Gasteiger partial charge in [0.2, 0.25) is 5.91 Å². The Labute approximate surface area is 177 Å². The van der Waals surface area contributed by atoms with Crippen LogP contribution >= 0.6 is 11.3 Å². The van der Waals surface area contributed by atoms with Crippen molar-refractivity contribution < 1.29 is 14.3 Å². The molecule has 1 unspecified atom stereocenters. The maximum Gasteiger partial charge on any atom is 0.262 e. The van der Waals surface area contributed by atoms with Crippen molar-refractivity contribution in [3.63, 3.8) is 0 Å². The molecule has 2 aromatic heterocycles. The van der Waals surface area contributed by atoms with E-state index in [9.17, 15) is 9.59 Å². The summed E-state index contributed by atoms with van der Waals surface area (Å²) in [4.78, 5) is 34.1. The molecule has 0 spiro atoms. The second-order valence-corrected chi connectivity index (χ2v) is 8.73. The standard InChI is InChI=1S/C22H23N3O4S/c1-2-15-11-16-21(30-15)23-13-24(22(16)27)12-20(26)25-7-3-4-17(25)14-5-6-18-19(10-14)29-9-8-28-18/h5-6,10-11,13,17H,2-4,7-9,12H2,1H3. The number of fused-ring (bicyclic) bond motifs is 2. The molecule has 2 aliphatic heterocycles. The van der Waals surface area contributed by atoms with Gasteiger partial charge in [-0.05, 0) is 43.0 Å². The van der Waals surface area contributed by atoms with Gasteiger partial charge in [-0.15, -0.1) is 11.3 Å². The highest BCUT2D eigenvalue weighted by Gasteiger charge is 2.31. The Hall–Kier alpha value is -2.87. The number of carbonyl (C=O) groups excluding carboxylic acids is 1. The van der Waals surface area contributed by atoms with Crippen molar-refractivity contribution in [3.8, 4) is 11.5 Å². The van der Waals surface area contributed by atoms with E-state index >= 15 is 0 Å². The highest BCUT2D eigenvalue weighted by Crippen LogP contribution is 2.38. The van der Waals surface area contributed by atoms with Gasteiger partial charge in [0, 0.05) is 11.4 Å². The molecule has 8 heteroatoms. The Balaban J connectivity index is 1.39. The van der Waals surface area contributed by atoms with E-state index < -0.39 is 0 Å². The number of thiophene rings is 1. The van der Waals surface area contributed by atoms with Crippen molar-refractivity contribution in [2.24, 2.45) is 0 Å². The van der Waals surface area contributed by atoms with Crippen molar-refractivity contribution in [2.45, 2.75) is 38.8 Å². The minimum atomic E-state index is -0.153. The molecule has 3 aromatic rings. The van der Waals surface area contributed by atoms with Crippen LogP contribution in [-0.2, 0) is 17.8 Å². The zero-order valence-corrected chi connectivity index (χ0v) is 17.6. The second kappa shape index (κ2) is 7.75. The van der Waals surface area contributed by atoms with E-state index in [4.69, 9.17) is 9.47 Å². The van der Waals surface area contributed by atoms with Gasteiger partial charge in [0.25, 0.3) is 5.56 Å². The molecule has 2 aliphatic rings. The molecule has 0 N–H and O–H groups in total. The number of nitrogens with zero attached hydrogens (tertiary/aromatic N) is 3. The van der Waals surface area contributed by atoms with Crippen LogP contribution in [0.3, 0.4) is 0 Å². The summed E-state index contributed by atoms with van der Waals surface area (Å²) in [5.41, 5.74) is 0.885. The number of carbonyl (C=O) groups is 1. The number of amides is 1. The van der Waals surface area contributed by atoms with E-state index in [0.29, 0.717) is 25.1 Å². The molecule has 1 saturated heterocycles. The lowest BCUT2D eigenvalue weighted by Crippen LogP contribution is -2.36. The predicted molar refractivity (Wildman–Crippen MR) is 114 cm³/mol. The van der Waals surface area contributed by atoms with Crippen LogP contribution in [-0.4, -0.2) is 40.1 Å². The molecule has 156 valence electrons. The minimum absolute atomic E-state index is 0.000129. The summed E-state index contributed by atoms with van der Waals surface area (Å²) in [7, 11) is 0. The van der Waals surface area contributed by atoms with Crippen LogP contribution in [0, 0.1) is 0 Å². The lowest BCUT2D eigenvalue weighted by Gasteiger charge is -2.27. The van der Waals surface area contributed by atoms with Crippen molar-refractivity contribution in [1.29, 1.82) is 0 Å². The van der Waals surface area contributed by atoms with Gasteiger partial charge in [0.1, 0.15) is 24.6 Å². The number of aromatic nitrogens is 2. The van der Waals surface area contributed by atoms with Crippen LogP contribution in [0.4, 0.5) is 0 Å². The first-order valence-corrected chi connectivity index (χ1v) is 11.1. The third-order valence-electron chi connectivity index (χ3n) is 5.75. The molecule has 4 heterocycles. The van der Waals surface area contributed by atoms with E-state index in [-0.39, 0.29) is 24.1 Å². The highest BCUT2D eigenvalue weighted by molar-refractivity contribution is 7.18. The monoisotopic (exact) mass is 425 g/mol. The Morgan fingerprint density at radius 3 is 2.90 bits per heavy atom. The van der Waals surface area contributed by atoms with Gasteiger partial charge in [-0.3, -0.25) is 14.2 Å². The topological polar surface area (TPSA) is 73.7 Å². The van der Waals surface area contributed by atoms with Crippen LogP contribution in [0.1, 0.15) is 36.2 Å². The van der Waals surface area contributed by atoms with Crippen molar-refractivity contribution in [1.82, 2.24) is 14.5 Å². The second-order valence-electron chi connectivity index (χ2n) is 7.61. The quantitative estimate of drug-likeness (QED) is 0.642. The molecule has 1 atom stereocenters. The maximum absolute atomic E-state index is 13.1. The number of hydrogen-bond donors (Lipinski definition) is 0. The molecular weight excluding hydrogens is 402 g/mol. The van der Waals surface area contributed by atoms with Gasteiger partial charge in [-0.1, -0.05) is 13.0 Å². The molecular formula is C22H23N3O4S. The van der Waals surface area contributed by atoms with Crippen LogP contribution in [0.15, 0.2) is 35.4 Å². The highest BCUT2D eigenvalue weighted by atomic mass is 32.1. The fourth-order valence-corrected chi connectivity index (χ4v) is 5.14. The number of likely N-dealkylation sites (tertiary alicyclic amines) is 1. The van der Waals surface area contributed by atoms with E-state index in [2.05, 4.69) is 11.9 Å². The molecule has 0 aliphatic carbocycles. The molecule has 1 fully saturated rings. The first-order chi connectivity index (χ1) is 14.6. The van der Waals surface area contributed by atoms with Gasteiger partial charge in [0.05, 0.1) is 17.8 Å². The van der Waals surface area contributed by atoms with Crippen LogP contribution in [0.2, 0.25) is 0 Å². The fourth-order valence-electron chi connectivity index (χ4n) is 4.21. The van der Waals surface area contributed by atoms with Crippen LogP contribution in [0.5, 0.6) is 11.5 Å². The van der Waals surface area contributed by atoms with Gasteiger partial charge in [0.15, 0.2) is 11.5 Å². The average Bonchev–Trinajstić information content (AvgIpc) is 3.43. The first kappa shape index (κ1) is 19.1. The molecule has 1 amide bonds. The van der Waals surface area contributed by atoms with Crippen LogP contribution in [0.25, 0.3) is 10.2 Å². The Bertz CT molecular complexity index is 1170. The fraction of sp³-hybridized carbons (Fsp3) is 0.409. The Morgan fingerprint density at radius 1 is 1.23 bits per heavy atom. The summed E-state index contributed by atoms with van der Waals surface area (Å²) in [6.45, 7) is 3.82. The van der Waals surface area contributed by atoms with Gasteiger partial charge in [-0.25, -0.2) is 4.98 Å². The minimum Gasteiger partial charge on any atom is -0.486 e. The summed E-state index contributed by atoms with van der Waals surface area (Å²) in [5, 5.41) is 0.594. The Morgan fingerprint density at radius 2 is 2.07 bits per heavy atom. The largest absolute Gasteiger partial charge is 0.486 e. The summed E-state index contributed by atoms with van der Waals surface area (Å²) in [6, 6.07) is 7.76. The van der Waals surface area contributed by atoms with Crippen molar-refractivity contribution in [2.75, 3.05) is 19.8 Å². The summed E-state index contributed by atoms with van der Waals surface area (Å²) in [5.74, 6) is 1.41. The number of hydrogen-bond acceptors (Lipinski definition) is 6. The summed E-state index contributed by atoms with van der Waals surface area (Å²) < 4.78 is 12.7. The lowest BCUT2D eigenvalue weighted by atomic mass is 10.0. The first-order valence-electron chi connectivity index (χ1n) is 10.3. The van der Waals surface area contributed by atoms with Gasteiger partial charge in [-0.2, -0.15) is 0 Å². The number of aryl methyl sites for hydroxylation is 1. The summed E-state index contributed by atoms with van der Waals surface area (Å²) >= 11 is 1.53. The van der Waals surface area contributed by atoms with E-state index in [0.717, 1.165) is 46.0 Å². The zero-order chi connectivity index (χ0) is 20.7. The molecule has 7 nitrogen and oxygen atoms in total. The molecule has 5 rings (SSSR count). The zero-order valence-electron chi connectivity index (χ0n) is 16.8. The molecule has 1 aromatic carbocycles. The Kier molecular flexibility index (Phi) is 4.94. The average molecular weight is 426 g/mol. The normalized spacial score (nSPS) is 18.2. The molecule has 30 heavy (non-hydrogen) atoms. The van der Waals surface area contributed by atoms with Crippen molar-refractivity contribution >= 4 is 27.5 Å². The van der Waals surface area contributed by atoms with Crippen molar-refractivity contribution in [3.05, 3.63) is 51.4 Å². The number of ether oxygens (including phenoxy) is 2. The smallest absolute Gasteiger partial charge is 0.262 e.